The summed E-state index contributed by atoms with van der Waals surface area (Å²) in [5, 5.41) is 7.44. The van der Waals surface area contributed by atoms with Crippen molar-refractivity contribution in [3.05, 3.63) is 47.3 Å². The predicted molar refractivity (Wildman–Crippen MR) is 115 cm³/mol. The van der Waals surface area contributed by atoms with Crippen LogP contribution in [0.1, 0.15) is 56.0 Å². The smallest absolute Gasteiger partial charge is 0.227 e. The maximum absolute atomic E-state index is 12.6. The number of aromatic nitrogens is 2. The fourth-order valence-corrected chi connectivity index (χ4v) is 3.97. The third-order valence-electron chi connectivity index (χ3n) is 5.82. The molecule has 1 aromatic heterocycles. The van der Waals surface area contributed by atoms with Gasteiger partial charge >= 0.3 is 0 Å². The lowest BCUT2D eigenvalue weighted by atomic mass is 9.96. The van der Waals surface area contributed by atoms with Crippen molar-refractivity contribution in [3.63, 3.8) is 0 Å². The number of anilines is 1. The molecule has 0 unspecified atom stereocenters. The zero-order valence-corrected chi connectivity index (χ0v) is 17.9. The molecule has 0 bridgehead atoms. The van der Waals surface area contributed by atoms with Crippen molar-refractivity contribution in [2.24, 2.45) is 5.92 Å². The van der Waals surface area contributed by atoms with Crippen LogP contribution in [0.3, 0.4) is 0 Å². The molecule has 6 heteroatoms. The van der Waals surface area contributed by atoms with E-state index in [0.29, 0.717) is 19.0 Å². The number of carbonyl (C=O) groups excluding carboxylic acids is 2. The summed E-state index contributed by atoms with van der Waals surface area (Å²) in [5.41, 5.74) is 4.26. The van der Waals surface area contributed by atoms with E-state index in [0.717, 1.165) is 36.5 Å². The Morgan fingerprint density at radius 1 is 1.31 bits per heavy atom. The second-order valence-electron chi connectivity index (χ2n) is 8.07. The van der Waals surface area contributed by atoms with Gasteiger partial charge in [0.15, 0.2) is 0 Å². The van der Waals surface area contributed by atoms with Gasteiger partial charge in [-0.2, -0.15) is 5.10 Å². The molecule has 1 aliphatic heterocycles. The molecule has 1 fully saturated rings. The molecule has 0 spiro atoms. The van der Waals surface area contributed by atoms with Crippen LogP contribution in [0.5, 0.6) is 0 Å². The van der Waals surface area contributed by atoms with Gasteiger partial charge in [-0.3, -0.25) is 14.3 Å². The molecule has 1 saturated heterocycles. The van der Waals surface area contributed by atoms with Crippen molar-refractivity contribution in [3.8, 4) is 0 Å². The van der Waals surface area contributed by atoms with E-state index in [1.165, 1.54) is 5.56 Å². The first kappa shape index (κ1) is 21.1. The summed E-state index contributed by atoms with van der Waals surface area (Å²) in [6.45, 7) is 10.2. The molecule has 156 valence electrons. The highest BCUT2D eigenvalue weighted by atomic mass is 16.2. The van der Waals surface area contributed by atoms with E-state index in [-0.39, 0.29) is 24.2 Å². The van der Waals surface area contributed by atoms with Crippen LogP contribution in [-0.4, -0.2) is 34.7 Å². The SMILES string of the molecule is CC[C@@H](C)c1ccccc1N1C[C@@H](C(=O)NCCCn2nc(C)cc2C)CC1=O. The predicted octanol–water partition coefficient (Wildman–Crippen LogP) is 3.57. The summed E-state index contributed by atoms with van der Waals surface area (Å²) in [7, 11) is 0. The van der Waals surface area contributed by atoms with Gasteiger partial charge in [-0.1, -0.05) is 32.0 Å². The molecule has 29 heavy (non-hydrogen) atoms. The van der Waals surface area contributed by atoms with Crippen LogP contribution in [0.15, 0.2) is 30.3 Å². The van der Waals surface area contributed by atoms with Gasteiger partial charge in [0.05, 0.1) is 11.6 Å². The van der Waals surface area contributed by atoms with E-state index in [4.69, 9.17) is 0 Å². The molecule has 2 heterocycles. The summed E-state index contributed by atoms with van der Waals surface area (Å²) in [6.07, 6.45) is 2.10. The standard InChI is InChI=1S/C23H32N4O2/c1-5-16(2)20-9-6-7-10-21(20)26-15-19(14-22(26)28)23(29)24-11-8-12-27-18(4)13-17(3)25-27/h6-7,9-10,13,16,19H,5,8,11-12,14-15H2,1-4H3,(H,24,29)/t16-,19+/m1/s1. The summed E-state index contributed by atoms with van der Waals surface area (Å²) >= 11 is 0. The number of para-hydroxylation sites is 1. The van der Waals surface area contributed by atoms with Gasteiger partial charge in [-0.15, -0.1) is 0 Å². The minimum absolute atomic E-state index is 0.0311. The van der Waals surface area contributed by atoms with Crippen molar-refractivity contribution >= 4 is 17.5 Å². The maximum Gasteiger partial charge on any atom is 0.227 e. The second kappa shape index (κ2) is 9.25. The molecule has 1 aliphatic rings. The summed E-state index contributed by atoms with van der Waals surface area (Å²) in [6, 6.07) is 10.1. The van der Waals surface area contributed by atoms with Crippen LogP contribution >= 0.6 is 0 Å². The largest absolute Gasteiger partial charge is 0.356 e. The minimum atomic E-state index is -0.291. The number of hydrogen-bond acceptors (Lipinski definition) is 3. The number of benzene rings is 1. The van der Waals surface area contributed by atoms with Crippen LogP contribution in [0.25, 0.3) is 0 Å². The molecule has 6 nitrogen and oxygen atoms in total. The molecule has 0 saturated carbocycles. The zero-order chi connectivity index (χ0) is 21.0. The van der Waals surface area contributed by atoms with Crippen molar-refractivity contribution in [2.45, 2.75) is 59.4 Å². The molecule has 2 amide bonds. The Hall–Kier alpha value is -2.63. The topological polar surface area (TPSA) is 67.2 Å². The third kappa shape index (κ3) is 4.86. The quantitative estimate of drug-likeness (QED) is 0.694. The molecular weight excluding hydrogens is 364 g/mol. The van der Waals surface area contributed by atoms with E-state index in [1.807, 2.05) is 36.7 Å². The molecule has 0 radical (unpaired) electrons. The van der Waals surface area contributed by atoms with E-state index < -0.39 is 0 Å². The minimum Gasteiger partial charge on any atom is -0.356 e. The summed E-state index contributed by atoms with van der Waals surface area (Å²) < 4.78 is 1.97. The molecule has 2 aromatic rings. The van der Waals surface area contributed by atoms with E-state index in [1.54, 1.807) is 4.90 Å². The fraction of sp³-hybridized carbons (Fsp3) is 0.522. The lowest BCUT2D eigenvalue weighted by Crippen LogP contribution is -2.34. The van der Waals surface area contributed by atoms with E-state index >= 15 is 0 Å². The van der Waals surface area contributed by atoms with Crippen molar-refractivity contribution < 1.29 is 9.59 Å². The average Bonchev–Trinajstić information content (AvgIpc) is 3.25. The van der Waals surface area contributed by atoms with Gasteiger partial charge in [-0.05, 0) is 50.3 Å². The van der Waals surface area contributed by atoms with Crippen molar-refractivity contribution in [1.29, 1.82) is 0 Å². The molecule has 2 atom stereocenters. The number of hydrogen-bond donors (Lipinski definition) is 1. The Morgan fingerprint density at radius 3 is 2.76 bits per heavy atom. The van der Waals surface area contributed by atoms with Gasteiger partial charge in [0.1, 0.15) is 0 Å². The van der Waals surface area contributed by atoms with Crippen LogP contribution in [-0.2, 0) is 16.1 Å². The number of nitrogens with one attached hydrogen (secondary N) is 1. The molecular formula is C23H32N4O2. The van der Waals surface area contributed by atoms with Crippen LogP contribution in [0.2, 0.25) is 0 Å². The number of rotatable bonds is 8. The summed E-state index contributed by atoms with van der Waals surface area (Å²) in [5.74, 6) is 0.0845. The molecule has 3 rings (SSSR count). The Morgan fingerprint density at radius 2 is 2.07 bits per heavy atom. The van der Waals surface area contributed by atoms with Gasteiger partial charge in [-0.25, -0.2) is 0 Å². The van der Waals surface area contributed by atoms with E-state index in [9.17, 15) is 9.59 Å². The van der Waals surface area contributed by atoms with Gasteiger partial charge in [0.2, 0.25) is 11.8 Å². The highest BCUT2D eigenvalue weighted by molar-refractivity contribution is 6.00. The number of nitrogens with zero attached hydrogens (tertiary/aromatic N) is 3. The maximum atomic E-state index is 12.6. The average molecular weight is 397 g/mol. The Balaban J connectivity index is 1.55. The lowest BCUT2D eigenvalue weighted by molar-refractivity contribution is -0.126. The Bertz CT molecular complexity index is 874. The molecule has 1 N–H and O–H groups in total. The Labute approximate surface area is 173 Å². The first-order chi connectivity index (χ1) is 13.9. The third-order valence-corrected chi connectivity index (χ3v) is 5.82. The highest BCUT2D eigenvalue weighted by Gasteiger charge is 2.36. The van der Waals surface area contributed by atoms with Crippen molar-refractivity contribution in [1.82, 2.24) is 15.1 Å². The van der Waals surface area contributed by atoms with Gasteiger partial charge < -0.3 is 10.2 Å². The van der Waals surface area contributed by atoms with Crippen molar-refractivity contribution in [2.75, 3.05) is 18.0 Å². The zero-order valence-electron chi connectivity index (χ0n) is 17.9. The van der Waals surface area contributed by atoms with E-state index in [2.05, 4.69) is 36.4 Å². The Kier molecular flexibility index (Phi) is 6.72. The molecule has 1 aromatic carbocycles. The first-order valence-corrected chi connectivity index (χ1v) is 10.6. The van der Waals surface area contributed by atoms with Crippen LogP contribution in [0.4, 0.5) is 5.69 Å². The van der Waals surface area contributed by atoms with Gasteiger partial charge in [0, 0.05) is 37.4 Å². The number of carbonyl (C=O) groups is 2. The summed E-state index contributed by atoms with van der Waals surface area (Å²) in [4.78, 5) is 27.0. The first-order valence-electron chi connectivity index (χ1n) is 10.6. The fourth-order valence-electron chi connectivity index (χ4n) is 3.97. The number of amides is 2. The van der Waals surface area contributed by atoms with Crippen LogP contribution in [0, 0.1) is 19.8 Å². The van der Waals surface area contributed by atoms with Crippen LogP contribution < -0.4 is 10.2 Å². The number of aryl methyl sites for hydroxylation is 3. The second-order valence-corrected chi connectivity index (χ2v) is 8.07. The van der Waals surface area contributed by atoms with Gasteiger partial charge in [0.25, 0.3) is 0 Å². The lowest BCUT2D eigenvalue weighted by Gasteiger charge is -2.23. The monoisotopic (exact) mass is 396 g/mol. The molecule has 0 aliphatic carbocycles. The normalized spacial score (nSPS) is 17.6. The highest BCUT2D eigenvalue weighted by Crippen LogP contribution is 2.33.